The molecule has 3 saturated heterocycles. The number of methoxy groups -OCH3 is 1. The van der Waals surface area contributed by atoms with Crippen molar-refractivity contribution in [3.8, 4) is 0 Å². The molecule has 3 aliphatic rings. The number of carbonyl (C=O) groups excluding carboxylic acids is 1. The fourth-order valence-corrected chi connectivity index (χ4v) is 5.09. The number of cyclic esters (lactones) is 1. The van der Waals surface area contributed by atoms with E-state index in [1.54, 1.807) is 7.11 Å². The summed E-state index contributed by atoms with van der Waals surface area (Å²) in [5, 5.41) is 10.4. The van der Waals surface area contributed by atoms with Crippen molar-refractivity contribution < 1.29 is 28.8 Å². The Labute approximate surface area is 187 Å². The lowest BCUT2D eigenvalue weighted by molar-refractivity contribution is -0.165. The maximum absolute atomic E-state index is 12.7. The molecule has 3 aliphatic heterocycles. The molecule has 0 aromatic rings. The Balaban J connectivity index is 1.78. The Morgan fingerprint density at radius 2 is 1.84 bits per heavy atom. The first-order valence-electron chi connectivity index (χ1n) is 12.2. The molecular formula is C25H42O6. The molecule has 3 fully saturated rings. The number of ether oxygens (including phenoxy) is 4. The van der Waals surface area contributed by atoms with Gasteiger partial charge in [-0.2, -0.15) is 0 Å². The Morgan fingerprint density at radius 3 is 2.58 bits per heavy atom. The van der Waals surface area contributed by atoms with Crippen LogP contribution in [0.1, 0.15) is 78.6 Å². The van der Waals surface area contributed by atoms with Gasteiger partial charge >= 0.3 is 5.97 Å². The molecule has 4 bridgehead atoms. The Morgan fingerprint density at radius 1 is 1.06 bits per heavy atom. The average Bonchev–Trinajstić information content (AvgIpc) is 2.68. The van der Waals surface area contributed by atoms with E-state index in [1.165, 1.54) is 0 Å². The Hall–Kier alpha value is -0.950. The number of aliphatic hydroxyl groups is 1. The average molecular weight is 439 g/mol. The monoisotopic (exact) mass is 438 g/mol. The van der Waals surface area contributed by atoms with E-state index in [0.29, 0.717) is 37.5 Å². The van der Waals surface area contributed by atoms with Gasteiger partial charge in [-0.05, 0) is 50.0 Å². The Bertz CT molecular complexity index is 591. The van der Waals surface area contributed by atoms with Crippen LogP contribution in [0.15, 0.2) is 12.2 Å². The molecule has 0 spiro atoms. The molecule has 0 aliphatic carbocycles. The SMILES string of the molecule is CO[C@@H]1C[C@H]2C[C@@H](O)C[C@H](CC(=O)O[C@@H](/C=C/CC(C)C)C[C@@H]3CC[C@H](C)[C@@H](C1)O3)O2. The zero-order chi connectivity index (χ0) is 22.4. The van der Waals surface area contributed by atoms with Gasteiger partial charge in [-0.15, -0.1) is 0 Å². The van der Waals surface area contributed by atoms with Gasteiger partial charge in [-0.3, -0.25) is 4.79 Å². The van der Waals surface area contributed by atoms with Crippen LogP contribution in [0.5, 0.6) is 0 Å². The van der Waals surface area contributed by atoms with Gasteiger partial charge in [0, 0.05) is 26.4 Å². The summed E-state index contributed by atoms with van der Waals surface area (Å²) in [6.07, 6.45) is 9.64. The number of hydrogen-bond acceptors (Lipinski definition) is 6. The summed E-state index contributed by atoms with van der Waals surface area (Å²) in [5.41, 5.74) is 0. The molecule has 1 N–H and O–H groups in total. The van der Waals surface area contributed by atoms with Gasteiger partial charge in [0.15, 0.2) is 0 Å². The summed E-state index contributed by atoms with van der Waals surface area (Å²) in [6.45, 7) is 6.59. The van der Waals surface area contributed by atoms with Crippen LogP contribution in [0.3, 0.4) is 0 Å². The topological polar surface area (TPSA) is 74.2 Å². The number of allylic oxidation sites excluding steroid dienone is 1. The van der Waals surface area contributed by atoms with Crippen LogP contribution in [0.2, 0.25) is 0 Å². The maximum atomic E-state index is 12.7. The number of carbonyl (C=O) groups is 1. The predicted octanol–water partition coefficient (Wildman–Crippen LogP) is 4.18. The van der Waals surface area contributed by atoms with Crippen LogP contribution in [0.25, 0.3) is 0 Å². The van der Waals surface area contributed by atoms with Gasteiger partial charge in [0.25, 0.3) is 0 Å². The van der Waals surface area contributed by atoms with Gasteiger partial charge in [-0.1, -0.05) is 26.8 Å². The second-order valence-corrected chi connectivity index (χ2v) is 10.2. The number of aliphatic hydroxyl groups excluding tert-OH is 1. The van der Waals surface area contributed by atoms with Crippen LogP contribution in [-0.2, 0) is 23.7 Å². The third-order valence-corrected chi connectivity index (χ3v) is 6.89. The van der Waals surface area contributed by atoms with E-state index in [0.717, 1.165) is 25.7 Å². The van der Waals surface area contributed by atoms with Crippen LogP contribution >= 0.6 is 0 Å². The van der Waals surface area contributed by atoms with E-state index in [4.69, 9.17) is 18.9 Å². The van der Waals surface area contributed by atoms with Crippen molar-refractivity contribution in [3.05, 3.63) is 12.2 Å². The standard InChI is InChI=1S/C25H42O6/c1-16(2)6-5-7-19-12-20-9-8-17(3)24(30-20)14-21(28-4)13-22-10-18(26)11-23(29-22)15-25(27)31-19/h5,7,16-24,26H,6,8-15H2,1-4H3/b7-5+/t17-,18+,19-,20-,21+,22+,23+,24+/m0/s1. The van der Waals surface area contributed by atoms with E-state index in [2.05, 4.69) is 26.8 Å². The predicted molar refractivity (Wildman–Crippen MR) is 119 cm³/mol. The molecule has 0 unspecified atom stereocenters. The van der Waals surface area contributed by atoms with Gasteiger partial charge in [0.2, 0.25) is 0 Å². The highest BCUT2D eigenvalue weighted by molar-refractivity contribution is 5.70. The van der Waals surface area contributed by atoms with Crippen molar-refractivity contribution in [2.75, 3.05) is 7.11 Å². The van der Waals surface area contributed by atoms with Crippen molar-refractivity contribution in [2.24, 2.45) is 11.8 Å². The van der Waals surface area contributed by atoms with Crippen molar-refractivity contribution >= 4 is 5.97 Å². The summed E-state index contributed by atoms with van der Waals surface area (Å²) >= 11 is 0. The third kappa shape index (κ3) is 7.85. The number of hydrogen-bond donors (Lipinski definition) is 1. The van der Waals surface area contributed by atoms with Crippen LogP contribution < -0.4 is 0 Å². The third-order valence-electron chi connectivity index (χ3n) is 6.89. The fourth-order valence-electron chi connectivity index (χ4n) is 5.09. The normalized spacial score (nSPS) is 40.5. The largest absolute Gasteiger partial charge is 0.458 e. The van der Waals surface area contributed by atoms with Crippen molar-refractivity contribution in [1.29, 1.82) is 0 Å². The first kappa shape index (κ1) is 24.7. The molecule has 6 nitrogen and oxygen atoms in total. The van der Waals surface area contributed by atoms with Crippen LogP contribution in [0.4, 0.5) is 0 Å². The van der Waals surface area contributed by atoms with E-state index >= 15 is 0 Å². The first-order chi connectivity index (χ1) is 14.8. The van der Waals surface area contributed by atoms with E-state index in [-0.39, 0.29) is 49.0 Å². The molecule has 31 heavy (non-hydrogen) atoms. The second kappa shape index (κ2) is 11.8. The molecule has 178 valence electrons. The minimum Gasteiger partial charge on any atom is -0.458 e. The van der Waals surface area contributed by atoms with Gasteiger partial charge < -0.3 is 24.1 Å². The minimum atomic E-state index is -0.460. The van der Waals surface area contributed by atoms with Gasteiger partial charge in [0.1, 0.15) is 6.10 Å². The van der Waals surface area contributed by atoms with Crippen molar-refractivity contribution in [3.63, 3.8) is 0 Å². The molecule has 0 amide bonds. The van der Waals surface area contributed by atoms with E-state index < -0.39 is 6.10 Å². The smallest absolute Gasteiger partial charge is 0.309 e. The summed E-state index contributed by atoms with van der Waals surface area (Å²) in [4.78, 5) is 12.7. The summed E-state index contributed by atoms with van der Waals surface area (Å²) in [7, 11) is 1.74. The lowest BCUT2D eigenvalue weighted by Gasteiger charge is -2.39. The fraction of sp³-hybridized carbons (Fsp3) is 0.880. The molecule has 0 aromatic carbocycles. The molecule has 0 aromatic heterocycles. The summed E-state index contributed by atoms with van der Waals surface area (Å²) in [5.74, 6) is 0.754. The molecule has 8 atom stereocenters. The van der Waals surface area contributed by atoms with Crippen molar-refractivity contribution in [1.82, 2.24) is 0 Å². The molecule has 6 heteroatoms. The highest BCUT2D eigenvalue weighted by Gasteiger charge is 2.36. The highest BCUT2D eigenvalue weighted by atomic mass is 16.6. The number of fused-ring (bicyclic) bond motifs is 4. The molecule has 3 heterocycles. The number of rotatable bonds is 4. The lowest BCUT2D eigenvalue weighted by Crippen LogP contribution is -2.42. The van der Waals surface area contributed by atoms with Crippen molar-refractivity contribution in [2.45, 2.75) is 121 Å². The number of esters is 1. The van der Waals surface area contributed by atoms with Gasteiger partial charge in [0.05, 0.1) is 43.0 Å². The lowest BCUT2D eigenvalue weighted by atomic mass is 9.87. The van der Waals surface area contributed by atoms with Crippen LogP contribution in [0, 0.1) is 11.8 Å². The molecule has 0 radical (unpaired) electrons. The van der Waals surface area contributed by atoms with E-state index in [9.17, 15) is 9.90 Å². The van der Waals surface area contributed by atoms with E-state index in [1.807, 2.05) is 6.08 Å². The zero-order valence-electron chi connectivity index (χ0n) is 19.7. The van der Waals surface area contributed by atoms with Gasteiger partial charge in [-0.25, -0.2) is 0 Å². The Kier molecular flexibility index (Phi) is 9.38. The second-order valence-electron chi connectivity index (χ2n) is 10.2. The minimum absolute atomic E-state index is 0.0128. The summed E-state index contributed by atoms with van der Waals surface area (Å²) in [6, 6.07) is 0. The summed E-state index contributed by atoms with van der Waals surface area (Å²) < 4.78 is 24.3. The maximum Gasteiger partial charge on any atom is 0.309 e. The zero-order valence-corrected chi connectivity index (χ0v) is 19.7. The molecule has 3 rings (SSSR count). The van der Waals surface area contributed by atoms with Crippen LogP contribution in [-0.4, -0.2) is 60.9 Å². The highest BCUT2D eigenvalue weighted by Crippen LogP contribution is 2.33. The molecular weight excluding hydrogens is 396 g/mol. The first-order valence-corrected chi connectivity index (χ1v) is 12.2. The quantitative estimate of drug-likeness (QED) is 0.524. The molecule has 0 saturated carbocycles.